The fourth-order valence-corrected chi connectivity index (χ4v) is 3.40. The number of carbonyl (C=O) groups is 1. The zero-order valence-electron chi connectivity index (χ0n) is 12.2. The molecule has 0 unspecified atom stereocenters. The number of fused-ring (bicyclic) bond motifs is 1. The third kappa shape index (κ3) is 3.49. The fraction of sp³-hybridized carbons (Fsp3) is 0.200. The normalized spacial score (nSPS) is 11.3. The number of anilines is 1. The summed E-state index contributed by atoms with van der Waals surface area (Å²) in [4.78, 5) is 11.4. The highest BCUT2D eigenvalue weighted by Gasteiger charge is 2.17. The standard InChI is InChI=1S/C15H12ClF2N3O2S/c16-12-4-3-11(24-12)15-9-5-8(19-6-14(22)23)1-2-10(9)21(20-15)7-13(17)18/h1-5,13,19H,6-7H2,(H,22,23). The van der Waals surface area contributed by atoms with E-state index in [1.807, 2.05) is 0 Å². The molecule has 0 aliphatic carbocycles. The maximum Gasteiger partial charge on any atom is 0.322 e. The van der Waals surface area contributed by atoms with Gasteiger partial charge in [-0.1, -0.05) is 11.6 Å². The van der Waals surface area contributed by atoms with Crippen molar-refractivity contribution >= 4 is 45.5 Å². The predicted octanol–water partition coefficient (Wildman–Crippen LogP) is 4.18. The number of hydrogen-bond acceptors (Lipinski definition) is 4. The molecule has 0 aliphatic rings. The molecule has 2 aromatic heterocycles. The first kappa shape index (κ1) is 16.7. The van der Waals surface area contributed by atoms with Crippen molar-refractivity contribution in [2.24, 2.45) is 0 Å². The van der Waals surface area contributed by atoms with Gasteiger partial charge in [0.1, 0.15) is 18.8 Å². The highest BCUT2D eigenvalue weighted by molar-refractivity contribution is 7.19. The summed E-state index contributed by atoms with van der Waals surface area (Å²) in [6, 6.07) is 8.48. The average molecular weight is 372 g/mol. The predicted molar refractivity (Wildman–Crippen MR) is 90.2 cm³/mol. The first-order valence-electron chi connectivity index (χ1n) is 6.94. The molecule has 2 heterocycles. The Labute approximate surface area is 144 Å². The topological polar surface area (TPSA) is 67.2 Å². The Morgan fingerprint density at radius 1 is 1.38 bits per heavy atom. The second-order valence-electron chi connectivity index (χ2n) is 5.00. The number of nitrogens with zero attached hydrogens (tertiary/aromatic N) is 2. The highest BCUT2D eigenvalue weighted by Crippen LogP contribution is 2.36. The Bertz CT molecular complexity index is 894. The van der Waals surface area contributed by atoms with Gasteiger partial charge in [-0.25, -0.2) is 8.78 Å². The molecular formula is C15H12ClF2N3O2S. The number of carboxylic acids is 1. The Kier molecular flexibility index (Phi) is 4.68. The van der Waals surface area contributed by atoms with Gasteiger partial charge < -0.3 is 10.4 Å². The van der Waals surface area contributed by atoms with Crippen molar-refractivity contribution in [3.8, 4) is 10.6 Å². The molecule has 0 amide bonds. The number of hydrogen-bond donors (Lipinski definition) is 2. The van der Waals surface area contributed by atoms with Gasteiger partial charge in [-0.05, 0) is 30.3 Å². The first-order valence-corrected chi connectivity index (χ1v) is 8.13. The summed E-state index contributed by atoms with van der Waals surface area (Å²) in [5.74, 6) is -0.992. The van der Waals surface area contributed by atoms with Gasteiger partial charge in [0, 0.05) is 11.1 Å². The van der Waals surface area contributed by atoms with Crippen molar-refractivity contribution in [1.29, 1.82) is 0 Å². The average Bonchev–Trinajstić information content (AvgIpc) is 3.08. The van der Waals surface area contributed by atoms with E-state index in [-0.39, 0.29) is 6.54 Å². The maximum atomic E-state index is 12.8. The molecule has 2 N–H and O–H groups in total. The Balaban J connectivity index is 2.09. The van der Waals surface area contributed by atoms with Crippen LogP contribution in [0.5, 0.6) is 0 Å². The summed E-state index contributed by atoms with van der Waals surface area (Å²) in [5.41, 5.74) is 1.67. The summed E-state index contributed by atoms with van der Waals surface area (Å²) >= 11 is 7.25. The van der Waals surface area contributed by atoms with Gasteiger partial charge in [0.15, 0.2) is 0 Å². The van der Waals surface area contributed by atoms with Gasteiger partial charge in [-0.2, -0.15) is 5.10 Å². The molecule has 24 heavy (non-hydrogen) atoms. The maximum absolute atomic E-state index is 12.8. The van der Waals surface area contributed by atoms with Crippen LogP contribution in [0.4, 0.5) is 14.5 Å². The van der Waals surface area contributed by atoms with Gasteiger partial charge in [0.05, 0.1) is 14.7 Å². The van der Waals surface area contributed by atoms with Crippen LogP contribution < -0.4 is 5.32 Å². The lowest BCUT2D eigenvalue weighted by Gasteiger charge is -2.05. The number of thiophene rings is 1. The van der Waals surface area contributed by atoms with E-state index < -0.39 is 18.9 Å². The van der Waals surface area contributed by atoms with Crippen molar-refractivity contribution in [1.82, 2.24) is 9.78 Å². The van der Waals surface area contributed by atoms with E-state index in [9.17, 15) is 13.6 Å². The lowest BCUT2D eigenvalue weighted by atomic mass is 10.1. The van der Waals surface area contributed by atoms with E-state index in [1.54, 1.807) is 30.3 Å². The van der Waals surface area contributed by atoms with Crippen molar-refractivity contribution in [2.75, 3.05) is 11.9 Å². The Hall–Kier alpha value is -2.19. The van der Waals surface area contributed by atoms with Gasteiger partial charge in [0.25, 0.3) is 6.43 Å². The highest BCUT2D eigenvalue weighted by atomic mass is 35.5. The minimum Gasteiger partial charge on any atom is -0.480 e. The zero-order chi connectivity index (χ0) is 17.3. The summed E-state index contributed by atoms with van der Waals surface area (Å²) in [6.45, 7) is -0.756. The van der Waals surface area contributed by atoms with Crippen molar-refractivity contribution in [3.63, 3.8) is 0 Å². The molecule has 0 atom stereocenters. The number of benzene rings is 1. The molecule has 0 saturated heterocycles. The van der Waals surface area contributed by atoms with Gasteiger partial charge in [-0.15, -0.1) is 11.3 Å². The molecule has 9 heteroatoms. The van der Waals surface area contributed by atoms with Crippen LogP contribution in [0.15, 0.2) is 30.3 Å². The number of aromatic nitrogens is 2. The van der Waals surface area contributed by atoms with Crippen LogP contribution in [-0.4, -0.2) is 33.8 Å². The lowest BCUT2D eigenvalue weighted by Crippen LogP contribution is -2.12. The fourth-order valence-electron chi connectivity index (χ4n) is 2.36. The molecule has 5 nitrogen and oxygen atoms in total. The molecule has 3 rings (SSSR count). The molecule has 0 fully saturated rings. The van der Waals surface area contributed by atoms with E-state index >= 15 is 0 Å². The van der Waals surface area contributed by atoms with Crippen molar-refractivity contribution in [3.05, 3.63) is 34.7 Å². The number of aliphatic carboxylic acids is 1. The smallest absolute Gasteiger partial charge is 0.322 e. The van der Waals surface area contributed by atoms with Crippen LogP contribution in [0.2, 0.25) is 4.34 Å². The molecular weight excluding hydrogens is 360 g/mol. The van der Waals surface area contributed by atoms with Gasteiger partial charge >= 0.3 is 5.97 Å². The summed E-state index contributed by atoms with van der Waals surface area (Å²) in [5, 5.41) is 16.5. The minimum absolute atomic E-state index is 0.239. The van der Waals surface area contributed by atoms with E-state index in [2.05, 4.69) is 10.4 Å². The van der Waals surface area contributed by atoms with Crippen LogP contribution in [0.25, 0.3) is 21.5 Å². The Morgan fingerprint density at radius 2 is 2.17 bits per heavy atom. The van der Waals surface area contributed by atoms with Crippen LogP contribution >= 0.6 is 22.9 Å². The SMILES string of the molecule is O=C(O)CNc1ccc2c(c1)c(-c1ccc(Cl)s1)nn2CC(F)F. The quantitative estimate of drug-likeness (QED) is 0.682. The molecule has 0 saturated carbocycles. The molecule has 0 bridgehead atoms. The third-order valence-electron chi connectivity index (χ3n) is 3.31. The second-order valence-corrected chi connectivity index (χ2v) is 6.72. The second kappa shape index (κ2) is 6.74. The molecule has 0 spiro atoms. The van der Waals surface area contributed by atoms with Crippen LogP contribution in [0.3, 0.4) is 0 Å². The number of carboxylic acid groups (broad SMARTS) is 1. The largest absolute Gasteiger partial charge is 0.480 e. The summed E-state index contributed by atoms with van der Waals surface area (Å²) in [6.07, 6.45) is -2.53. The molecule has 3 aromatic rings. The molecule has 0 aliphatic heterocycles. The lowest BCUT2D eigenvalue weighted by molar-refractivity contribution is -0.134. The number of rotatable bonds is 6. The van der Waals surface area contributed by atoms with Crippen molar-refractivity contribution < 1.29 is 18.7 Å². The molecule has 0 radical (unpaired) electrons. The Morgan fingerprint density at radius 3 is 2.79 bits per heavy atom. The van der Waals surface area contributed by atoms with E-state index in [4.69, 9.17) is 16.7 Å². The van der Waals surface area contributed by atoms with Crippen LogP contribution in [0.1, 0.15) is 0 Å². The minimum atomic E-state index is -2.53. The molecule has 126 valence electrons. The monoisotopic (exact) mass is 371 g/mol. The first-order chi connectivity index (χ1) is 11.4. The van der Waals surface area contributed by atoms with Crippen LogP contribution in [-0.2, 0) is 11.3 Å². The van der Waals surface area contributed by atoms with Crippen LogP contribution in [0, 0.1) is 0 Å². The van der Waals surface area contributed by atoms with Gasteiger partial charge in [-0.3, -0.25) is 9.48 Å². The van der Waals surface area contributed by atoms with Crippen molar-refractivity contribution in [2.45, 2.75) is 13.0 Å². The number of alkyl halides is 2. The molecule has 1 aromatic carbocycles. The third-order valence-corrected chi connectivity index (χ3v) is 4.55. The zero-order valence-corrected chi connectivity index (χ0v) is 13.7. The van der Waals surface area contributed by atoms with Gasteiger partial charge in [0.2, 0.25) is 0 Å². The van der Waals surface area contributed by atoms with E-state index in [0.717, 1.165) is 4.88 Å². The van der Waals surface area contributed by atoms with E-state index in [1.165, 1.54) is 16.0 Å². The number of halogens is 3. The summed E-state index contributed by atoms with van der Waals surface area (Å²) < 4.78 is 27.4. The number of nitrogens with one attached hydrogen (secondary N) is 1. The summed E-state index contributed by atoms with van der Waals surface area (Å²) in [7, 11) is 0. The van der Waals surface area contributed by atoms with E-state index in [0.29, 0.717) is 26.6 Å².